The van der Waals surface area contributed by atoms with Crippen LogP contribution in [0.4, 0.5) is 0 Å². The van der Waals surface area contributed by atoms with E-state index in [-0.39, 0.29) is 24.0 Å². The van der Waals surface area contributed by atoms with Gasteiger partial charge in [-0.05, 0) is 29.3 Å². The van der Waals surface area contributed by atoms with Crippen molar-refractivity contribution in [2.24, 2.45) is 0 Å². The molecular weight excluding hydrogens is 493 g/mol. The minimum atomic E-state index is 0. The molecule has 3 nitrogen and oxygen atoms in total. The molecule has 1 unspecified atom stereocenters. The number of methoxy groups -OCH3 is 2. The fraction of sp³-hybridized carbons (Fsp3) is 0.400. The average Bonchev–Trinajstić information content (AvgIpc) is 2.57. The van der Waals surface area contributed by atoms with Crippen LogP contribution in [0.5, 0.6) is 11.5 Å². The zero-order valence-corrected chi connectivity index (χ0v) is 18.9. The summed E-state index contributed by atoms with van der Waals surface area (Å²) in [5, 5.41) is 0. The molecule has 0 saturated carbocycles. The molecule has 0 N–H and O–H groups in total. The Morgan fingerprint density at radius 1 is 1.08 bits per heavy atom. The number of fused-ring (bicyclic) bond motifs is 1. The van der Waals surface area contributed by atoms with Crippen molar-refractivity contribution in [3.05, 3.63) is 57.6 Å². The second-order valence-corrected chi connectivity index (χ2v) is 7.82. The monoisotopic (exact) mass is 517 g/mol. The molecule has 1 aliphatic heterocycles. The van der Waals surface area contributed by atoms with Crippen LogP contribution >= 0.6 is 15.9 Å². The van der Waals surface area contributed by atoms with Crippen molar-refractivity contribution in [2.45, 2.75) is 18.9 Å². The normalized spacial score (nSPS) is 18.0. The molecule has 0 fully saturated rings. The summed E-state index contributed by atoms with van der Waals surface area (Å²) in [7, 11) is 8.02. The Kier molecular flexibility index (Phi) is 6.79. The number of halogens is 2. The predicted molar refractivity (Wildman–Crippen MR) is 101 cm³/mol. The molecule has 0 bridgehead atoms. The van der Waals surface area contributed by atoms with Crippen LogP contribution in [-0.4, -0.2) is 39.3 Å². The van der Waals surface area contributed by atoms with Crippen molar-refractivity contribution in [1.29, 1.82) is 0 Å². The molecule has 0 radical (unpaired) electrons. The van der Waals surface area contributed by atoms with E-state index in [4.69, 9.17) is 9.47 Å². The summed E-state index contributed by atoms with van der Waals surface area (Å²) in [4.78, 5) is 0. The van der Waals surface area contributed by atoms with Crippen LogP contribution in [0, 0.1) is 0 Å². The molecule has 0 amide bonds. The van der Waals surface area contributed by atoms with Gasteiger partial charge in [0.05, 0.1) is 34.9 Å². The lowest BCUT2D eigenvalue weighted by atomic mass is 9.87. The van der Waals surface area contributed by atoms with Crippen LogP contribution in [0.15, 0.2) is 40.9 Å². The van der Waals surface area contributed by atoms with Gasteiger partial charge in [0.2, 0.25) is 0 Å². The Hall–Kier alpha value is -0.790. The number of nitrogens with zero attached hydrogens (tertiary/aromatic N) is 1. The van der Waals surface area contributed by atoms with Crippen LogP contribution in [0.25, 0.3) is 0 Å². The second kappa shape index (κ2) is 8.27. The predicted octanol–water partition coefficient (Wildman–Crippen LogP) is 1.39. The van der Waals surface area contributed by atoms with Gasteiger partial charge >= 0.3 is 0 Å². The molecule has 0 spiro atoms. The van der Waals surface area contributed by atoms with Crippen molar-refractivity contribution in [2.75, 3.05) is 34.9 Å². The van der Waals surface area contributed by atoms with Crippen LogP contribution in [0.3, 0.4) is 0 Å². The summed E-state index contributed by atoms with van der Waals surface area (Å²) in [5.74, 6) is 1.58. The maximum absolute atomic E-state index is 5.47. The highest BCUT2D eigenvalue weighted by atomic mass is 127. The second-order valence-electron chi connectivity index (χ2n) is 6.97. The highest BCUT2D eigenvalue weighted by Gasteiger charge is 2.36. The van der Waals surface area contributed by atoms with Crippen LogP contribution < -0.4 is 33.5 Å². The third-order valence-electron chi connectivity index (χ3n) is 5.17. The Morgan fingerprint density at radius 2 is 1.80 bits per heavy atom. The summed E-state index contributed by atoms with van der Waals surface area (Å²) >= 11 is 3.73. The highest BCUT2D eigenvalue weighted by Crippen LogP contribution is 2.39. The first-order valence-electron chi connectivity index (χ1n) is 8.27. The quantitative estimate of drug-likeness (QED) is 0.451. The minimum absolute atomic E-state index is 0. The Morgan fingerprint density at radius 3 is 2.48 bits per heavy atom. The number of hydrogen-bond acceptors (Lipinski definition) is 2. The van der Waals surface area contributed by atoms with Gasteiger partial charge in [-0.2, -0.15) is 0 Å². The highest BCUT2D eigenvalue weighted by molar-refractivity contribution is 9.10. The van der Waals surface area contributed by atoms with Crippen LogP contribution in [0.2, 0.25) is 0 Å². The first kappa shape index (κ1) is 20.5. The molecule has 1 heterocycles. The molecule has 0 aliphatic carbocycles. The first-order chi connectivity index (χ1) is 11.5. The molecule has 136 valence electrons. The van der Waals surface area contributed by atoms with E-state index in [1.807, 2.05) is 6.07 Å². The molecule has 5 heteroatoms. The largest absolute Gasteiger partial charge is 1.00 e. The zero-order valence-electron chi connectivity index (χ0n) is 15.2. The van der Waals surface area contributed by atoms with Crippen LogP contribution in [-0.2, 0) is 12.8 Å². The van der Waals surface area contributed by atoms with Crippen molar-refractivity contribution >= 4 is 15.9 Å². The van der Waals surface area contributed by atoms with E-state index >= 15 is 0 Å². The Bertz CT molecular complexity index is 748. The summed E-state index contributed by atoms with van der Waals surface area (Å²) < 4.78 is 13.1. The Labute approximate surface area is 176 Å². The number of hydrogen-bond donors (Lipinski definition) is 0. The third kappa shape index (κ3) is 4.14. The van der Waals surface area contributed by atoms with E-state index in [0.717, 1.165) is 35.4 Å². The fourth-order valence-electron chi connectivity index (χ4n) is 3.67. The molecule has 0 aromatic heterocycles. The number of ether oxygens (including phenoxy) is 2. The van der Waals surface area contributed by atoms with E-state index in [9.17, 15) is 0 Å². The van der Waals surface area contributed by atoms with Gasteiger partial charge in [-0.1, -0.05) is 34.1 Å². The molecule has 1 aliphatic rings. The fourth-order valence-corrected chi connectivity index (χ4v) is 4.25. The number of rotatable bonds is 4. The van der Waals surface area contributed by atoms with Gasteiger partial charge in [0.1, 0.15) is 6.04 Å². The van der Waals surface area contributed by atoms with Gasteiger partial charge < -0.3 is 37.9 Å². The van der Waals surface area contributed by atoms with Gasteiger partial charge in [-0.15, -0.1) is 0 Å². The number of likely N-dealkylation sites (N-methyl/N-ethyl adjacent to an activating group) is 1. The van der Waals surface area contributed by atoms with Crippen molar-refractivity contribution in [3.63, 3.8) is 0 Å². The third-order valence-corrected chi connectivity index (χ3v) is 5.92. The van der Waals surface area contributed by atoms with Gasteiger partial charge in [0.15, 0.2) is 11.5 Å². The van der Waals surface area contributed by atoms with Gasteiger partial charge in [-0.25, -0.2) is 0 Å². The van der Waals surface area contributed by atoms with E-state index in [2.05, 4.69) is 60.4 Å². The van der Waals surface area contributed by atoms with Crippen LogP contribution in [0.1, 0.15) is 22.7 Å². The number of quaternary nitrogens is 1. The molecule has 0 saturated heterocycles. The lowest BCUT2D eigenvalue weighted by Gasteiger charge is -2.43. The van der Waals surface area contributed by atoms with E-state index in [1.165, 1.54) is 21.2 Å². The van der Waals surface area contributed by atoms with Gasteiger partial charge in [-0.3, -0.25) is 0 Å². The van der Waals surface area contributed by atoms with Crippen molar-refractivity contribution in [3.8, 4) is 11.5 Å². The zero-order chi connectivity index (χ0) is 17.3. The van der Waals surface area contributed by atoms with Crippen molar-refractivity contribution in [1.82, 2.24) is 0 Å². The maximum Gasteiger partial charge on any atom is 0.160 e. The summed E-state index contributed by atoms with van der Waals surface area (Å²) in [5.41, 5.74) is 4.19. The molecule has 2 aromatic carbocycles. The molecule has 2 aromatic rings. The molecule has 25 heavy (non-hydrogen) atoms. The minimum Gasteiger partial charge on any atom is -1.00 e. The first-order valence-corrected chi connectivity index (χ1v) is 9.06. The summed E-state index contributed by atoms with van der Waals surface area (Å²) in [6.45, 7) is 1.15. The maximum atomic E-state index is 5.47. The SMILES string of the molecule is COc1ccc(CC2c3cccc(Br)c3CC[N+]2(C)C)cc1OC.[I-]. The summed E-state index contributed by atoms with van der Waals surface area (Å²) in [6.07, 6.45) is 2.10. The molecular formula is C20H25BrINO2. The lowest BCUT2D eigenvalue weighted by molar-refractivity contribution is -0.923. The van der Waals surface area contributed by atoms with Gasteiger partial charge in [0, 0.05) is 22.9 Å². The van der Waals surface area contributed by atoms with Gasteiger partial charge in [0.25, 0.3) is 0 Å². The van der Waals surface area contributed by atoms with E-state index in [1.54, 1.807) is 14.2 Å². The van der Waals surface area contributed by atoms with E-state index in [0.29, 0.717) is 6.04 Å². The van der Waals surface area contributed by atoms with E-state index < -0.39 is 0 Å². The lowest BCUT2D eigenvalue weighted by Crippen LogP contribution is -3.00. The topological polar surface area (TPSA) is 18.5 Å². The van der Waals surface area contributed by atoms with Crippen molar-refractivity contribution < 1.29 is 37.9 Å². The smallest absolute Gasteiger partial charge is 0.160 e. The standard InChI is InChI=1S/C20H25BrNO2.HI/c1-22(2)11-10-15-16(6-5-7-17(15)21)18(22)12-14-8-9-19(23-3)20(13-14)24-4;/h5-9,13,18H,10-12H2,1-4H3;1H/q+1;/p-1. The Balaban J connectivity index is 0.00000225. The molecule has 1 atom stereocenters. The average molecular weight is 518 g/mol. The molecule has 3 rings (SSSR count). The number of benzene rings is 2. The summed E-state index contributed by atoms with van der Waals surface area (Å²) in [6, 6.07) is 13.3.